The third kappa shape index (κ3) is 3.50. The normalized spacial score (nSPS) is 17.9. The molecule has 2 fully saturated rings. The van der Waals surface area contributed by atoms with E-state index >= 15 is 0 Å². The zero-order valence-electron chi connectivity index (χ0n) is 16.5. The highest BCUT2D eigenvalue weighted by molar-refractivity contribution is 7.22. The van der Waals surface area contributed by atoms with E-state index in [1.54, 1.807) is 11.3 Å². The zero-order valence-corrected chi connectivity index (χ0v) is 17.3. The molecule has 0 saturated heterocycles. The summed E-state index contributed by atoms with van der Waals surface area (Å²) in [6.07, 6.45) is 13.1. The van der Waals surface area contributed by atoms with Crippen LogP contribution in [0.4, 0.5) is 5.13 Å². The van der Waals surface area contributed by atoms with Gasteiger partial charge in [0.05, 0.1) is 23.1 Å². The minimum Gasteiger partial charge on any atom is -0.359 e. The molecule has 0 bridgehead atoms. The van der Waals surface area contributed by atoms with Crippen molar-refractivity contribution in [1.82, 2.24) is 19.5 Å². The Morgan fingerprint density at radius 1 is 1.00 bits per heavy atom. The van der Waals surface area contributed by atoms with E-state index in [0.717, 1.165) is 28.4 Å². The molecule has 0 spiro atoms. The molecule has 29 heavy (non-hydrogen) atoms. The van der Waals surface area contributed by atoms with Crippen molar-refractivity contribution in [2.75, 3.05) is 5.32 Å². The van der Waals surface area contributed by atoms with Crippen LogP contribution in [0.25, 0.3) is 21.4 Å². The van der Waals surface area contributed by atoms with Gasteiger partial charge in [0.25, 0.3) is 0 Å². The highest BCUT2D eigenvalue weighted by Gasteiger charge is 2.24. The number of anilines is 1. The highest BCUT2D eigenvalue weighted by Crippen LogP contribution is 2.40. The SMILES string of the molecule is c1cc2nc(NC3CCCCC3)sc2cc1Cn1cnc2cc(C3CC3)cnc21. The number of hydrogen-bond acceptors (Lipinski definition) is 5. The third-order valence-electron chi connectivity index (χ3n) is 6.26. The van der Waals surface area contributed by atoms with Crippen LogP contribution in [0.1, 0.15) is 62.0 Å². The first kappa shape index (κ1) is 17.4. The number of pyridine rings is 1. The number of rotatable bonds is 5. The van der Waals surface area contributed by atoms with E-state index in [0.29, 0.717) is 12.0 Å². The van der Waals surface area contributed by atoms with Crippen LogP contribution in [-0.4, -0.2) is 25.6 Å². The van der Waals surface area contributed by atoms with E-state index in [4.69, 9.17) is 9.97 Å². The quantitative estimate of drug-likeness (QED) is 0.464. The molecular formula is C23H25N5S. The summed E-state index contributed by atoms with van der Waals surface area (Å²) < 4.78 is 3.39. The molecule has 6 rings (SSSR count). The number of aromatic nitrogens is 4. The molecule has 6 heteroatoms. The fourth-order valence-corrected chi connectivity index (χ4v) is 5.47. The molecule has 2 aliphatic carbocycles. The Kier molecular flexibility index (Phi) is 4.26. The topological polar surface area (TPSA) is 55.6 Å². The molecule has 1 N–H and O–H groups in total. The molecule has 1 aromatic carbocycles. The van der Waals surface area contributed by atoms with Crippen molar-refractivity contribution in [3.63, 3.8) is 0 Å². The van der Waals surface area contributed by atoms with Crippen LogP contribution in [0.15, 0.2) is 36.8 Å². The van der Waals surface area contributed by atoms with Gasteiger partial charge in [-0.15, -0.1) is 0 Å². The lowest BCUT2D eigenvalue weighted by Gasteiger charge is -2.22. The van der Waals surface area contributed by atoms with E-state index in [-0.39, 0.29) is 0 Å². The number of nitrogens with one attached hydrogen (secondary N) is 1. The molecular weight excluding hydrogens is 378 g/mol. The monoisotopic (exact) mass is 403 g/mol. The maximum absolute atomic E-state index is 4.80. The second kappa shape index (κ2) is 7.10. The molecule has 148 valence electrons. The smallest absolute Gasteiger partial charge is 0.184 e. The van der Waals surface area contributed by atoms with Crippen molar-refractivity contribution in [2.24, 2.45) is 0 Å². The lowest BCUT2D eigenvalue weighted by molar-refractivity contribution is 0.462. The Labute approximate surface area is 174 Å². The maximum Gasteiger partial charge on any atom is 0.184 e. The summed E-state index contributed by atoms with van der Waals surface area (Å²) >= 11 is 1.77. The largest absolute Gasteiger partial charge is 0.359 e. The Morgan fingerprint density at radius 2 is 1.90 bits per heavy atom. The molecule has 4 aromatic rings. The number of imidazole rings is 1. The summed E-state index contributed by atoms with van der Waals surface area (Å²) in [6, 6.07) is 9.39. The Hall–Kier alpha value is -2.47. The molecule has 0 atom stereocenters. The van der Waals surface area contributed by atoms with Gasteiger partial charge >= 0.3 is 0 Å². The lowest BCUT2D eigenvalue weighted by Crippen LogP contribution is -2.21. The van der Waals surface area contributed by atoms with Gasteiger partial charge in [-0.05, 0) is 60.9 Å². The van der Waals surface area contributed by atoms with Gasteiger partial charge in [-0.2, -0.15) is 0 Å². The van der Waals surface area contributed by atoms with E-state index in [2.05, 4.69) is 39.1 Å². The van der Waals surface area contributed by atoms with E-state index < -0.39 is 0 Å². The molecule has 0 radical (unpaired) electrons. The standard InChI is InChI=1S/C23H25N5S/c1-2-4-18(5-3-1)26-23-27-19-9-6-15(10-21(19)29-23)13-28-14-25-20-11-17(16-7-8-16)12-24-22(20)28/h6,9-12,14,16,18H,1-5,7-8,13H2,(H,26,27). The molecule has 3 aromatic heterocycles. The minimum absolute atomic E-state index is 0.590. The zero-order chi connectivity index (χ0) is 19.2. The van der Waals surface area contributed by atoms with Crippen molar-refractivity contribution in [3.05, 3.63) is 47.9 Å². The van der Waals surface area contributed by atoms with Gasteiger partial charge < -0.3 is 9.88 Å². The summed E-state index contributed by atoms with van der Waals surface area (Å²) in [5.41, 5.74) is 5.66. The maximum atomic E-state index is 4.80. The van der Waals surface area contributed by atoms with Crippen LogP contribution < -0.4 is 5.32 Å². The summed E-state index contributed by atoms with van der Waals surface area (Å²) in [4.78, 5) is 14.1. The van der Waals surface area contributed by atoms with Gasteiger partial charge in [-0.3, -0.25) is 0 Å². The van der Waals surface area contributed by atoms with Crippen molar-refractivity contribution in [2.45, 2.75) is 63.5 Å². The first-order valence-corrected chi connectivity index (χ1v) is 11.6. The predicted octanol–water partition coefficient (Wildman–Crippen LogP) is 5.71. The Morgan fingerprint density at radius 3 is 2.76 bits per heavy atom. The molecule has 0 aliphatic heterocycles. The Bertz CT molecular complexity index is 1170. The number of thiazole rings is 1. The van der Waals surface area contributed by atoms with Crippen LogP contribution in [-0.2, 0) is 6.54 Å². The van der Waals surface area contributed by atoms with E-state index in [1.807, 2.05) is 12.5 Å². The van der Waals surface area contributed by atoms with Gasteiger partial charge in [0.2, 0.25) is 0 Å². The van der Waals surface area contributed by atoms with E-state index in [1.165, 1.54) is 60.8 Å². The second-order valence-electron chi connectivity index (χ2n) is 8.56. The Balaban J connectivity index is 1.23. The molecule has 3 heterocycles. The fraction of sp³-hybridized carbons (Fsp3) is 0.435. The van der Waals surface area contributed by atoms with Gasteiger partial charge in [0, 0.05) is 12.2 Å². The minimum atomic E-state index is 0.590. The molecule has 2 saturated carbocycles. The molecule has 5 nitrogen and oxygen atoms in total. The van der Waals surface area contributed by atoms with Gasteiger partial charge in [0.15, 0.2) is 10.8 Å². The summed E-state index contributed by atoms with van der Waals surface area (Å²) in [7, 11) is 0. The first-order valence-electron chi connectivity index (χ1n) is 10.8. The van der Waals surface area contributed by atoms with Crippen LogP contribution in [0.2, 0.25) is 0 Å². The summed E-state index contributed by atoms with van der Waals surface area (Å²) in [6.45, 7) is 0.783. The van der Waals surface area contributed by atoms with Crippen molar-refractivity contribution < 1.29 is 0 Å². The number of nitrogens with zero attached hydrogens (tertiary/aromatic N) is 4. The highest BCUT2D eigenvalue weighted by atomic mass is 32.1. The van der Waals surface area contributed by atoms with E-state index in [9.17, 15) is 0 Å². The van der Waals surface area contributed by atoms with Crippen molar-refractivity contribution >= 4 is 37.8 Å². The lowest BCUT2D eigenvalue weighted by atomic mass is 9.96. The molecule has 0 amide bonds. The average molecular weight is 404 g/mol. The first-order chi connectivity index (χ1) is 14.3. The number of fused-ring (bicyclic) bond motifs is 2. The third-order valence-corrected chi connectivity index (χ3v) is 7.21. The van der Waals surface area contributed by atoms with Crippen molar-refractivity contribution in [1.29, 1.82) is 0 Å². The van der Waals surface area contributed by atoms with Crippen LogP contribution in [0, 0.1) is 0 Å². The van der Waals surface area contributed by atoms with Gasteiger partial charge in [-0.1, -0.05) is 36.7 Å². The summed E-state index contributed by atoms with van der Waals surface area (Å²) in [5.74, 6) is 0.710. The number of benzene rings is 1. The van der Waals surface area contributed by atoms with Gasteiger partial charge in [-0.25, -0.2) is 15.0 Å². The predicted molar refractivity (Wildman–Crippen MR) is 119 cm³/mol. The van der Waals surface area contributed by atoms with Crippen LogP contribution >= 0.6 is 11.3 Å². The van der Waals surface area contributed by atoms with Crippen LogP contribution in [0.3, 0.4) is 0 Å². The molecule has 0 unspecified atom stereocenters. The molecule has 2 aliphatic rings. The number of hydrogen-bond donors (Lipinski definition) is 1. The fourth-order valence-electron chi connectivity index (χ4n) is 4.47. The van der Waals surface area contributed by atoms with Crippen LogP contribution in [0.5, 0.6) is 0 Å². The summed E-state index contributed by atoms with van der Waals surface area (Å²) in [5, 5.41) is 4.72. The van der Waals surface area contributed by atoms with Gasteiger partial charge in [0.1, 0.15) is 5.52 Å². The second-order valence-corrected chi connectivity index (χ2v) is 9.59. The average Bonchev–Trinajstić information content (AvgIpc) is 3.41. The van der Waals surface area contributed by atoms with Crippen molar-refractivity contribution in [3.8, 4) is 0 Å².